The monoisotopic (exact) mass is 443 g/mol. The highest BCUT2D eigenvalue weighted by molar-refractivity contribution is 7.89. The first kappa shape index (κ1) is 23.3. The van der Waals surface area contributed by atoms with Crippen molar-refractivity contribution in [1.29, 1.82) is 0 Å². The maximum absolute atomic E-state index is 12.8. The first-order chi connectivity index (χ1) is 14.8. The number of likely N-dealkylation sites (N-methyl/N-ethyl adjacent to an activating group) is 1. The highest BCUT2D eigenvalue weighted by atomic mass is 32.2. The predicted octanol–water partition coefficient (Wildman–Crippen LogP) is 3.35. The van der Waals surface area contributed by atoms with Gasteiger partial charge >= 0.3 is 0 Å². The normalized spacial score (nSPS) is 15.6. The Labute approximate surface area is 186 Å². The average Bonchev–Trinajstić information content (AvgIpc) is 2.78. The number of rotatable bonds is 8. The van der Waals surface area contributed by atoms with Crippen molar-refractivity contribution in [1.82, 2.24) is 9.62 Å². The molecule has 0 aliphatic carbocycles. The van der Waals surface area contributed by atoms with Gasteiger partial charge in [-0.15, -0.1) is 0 Å². The van der Waals surface area contributed by atoms with Crippen molar-refractivity contribution in [2.45, 2.75) is 38.5 Å². The number of para-hydroxylation sites is 1. The lowest BCUT2D eigenvalue weighted by Gasteiger charge is -2.31. The molecule has 0 saturated carbocycles. The van der Waals surface area contributed by atoms with Crippen LogP contribution >= 0.6 is 0 Å². The Morgan fingerprint density at radius 3 is 2.32 bits per heavy atom. The Hall–Kier alpha value is -2.38. The standard InChI is InChI=1S/C24H33N3O3S/c1-4-26(23-8-6-5-7-20(23)3)18-15-25-24(28)21-13-16-27(17-14-21)31(29,30)22-11-9-19(2)10-12-22/h5-12,21H,4,13-18H2,1-3H3,(H,25,28). The van der Waals surface area contributed by atoms with E-state index in [0.29, 0.717) is 37.4 Å². The van der Waals surface area contributed by atoms with Gasteiger partial charge in [0, 0.05) is 44.3 Å². The fraction of sp³-hybridized carbons (Fsp3) is 0.458. The van der Waals surface area contributed by atoms with E-state index in [9.17, 15) is 13.2 Å². The SMILES string of the molecule is CCN(CCNC(=O)C1CCN(S(=O)(=O)c2ccc(C)cc2)CC1)c1ccccc1C. The zero-order chi connectivity index (χ0) is 22.4. The molecule has 1 saturated heterocycles. The van der Waals surface area contributed by atoms with Crippen LogP contribution in [-0.2, 0) is 14.8 Å². The number of hydrogen-bond donors (Lipinski definition) is 1. The maximum Gasteiger partial charge on any atom is 0.243 e. The number of benzene rings is 2. The molecule has 0 radical (unpaired) electrons. The second kappa shape index (κ2) is 10.3. The van der Waals surface area contributed by atoms with E-state index in [0.717, 1.165) is 18.7 Å². The molecule has 1 fully saturated rings. The number of amides is 1. The zero-order valence-corrected chi connectivity index (χ0v) is 19.5. The summed E-state index contributed by atoms with van der Waals surface area (Å²) in [6.45, 7) is 9.07. The summed E-state index contributed by atoms with van der Waals surface area (Å²) >= 11 is 0. The quantitative estimate of drug-likeness (QED) is 0.679. The van der Waals surface area contributed by atoms with Gasteiger partial charge in [0.1, 0.15) is 0 Å². The largest absolute Gasteiger partial charge is 0.370 e. The minimum absolute atomic E-state index is 0.0215. The van der Waals surface area contributed by atoms with Crippen LogP contribution in [0.2, 0.25) is 0 Å². The topological polar surface area (TPSA) is 69.7 Å². The molecule has 1 heterocycles. The third-order valence-electron chi connectivity index (χ3n) is 6.00. The molecule has 0 atom stereocenters. The molecule has 0 bridgehead atoms. The molecule has 7 heteroatoms. The third-order valence-corrected chi connectivity index (χ3v) is 7.92. The number of hydrogen-bond acceptors (Lipinski definition) is 4. The number of aryl methyl sites for hydroxylation is 2. The zero-order valence-electron chi connectivity index (χ0n) is 18.7. The molecular formula is C24H33N3O3S. The van der Waals surface area contributed by atoms with Crippen LogP contribution in [0.25, 0.3) is 0 Å². The van der Waals surface area contributed by atoms with Gasteiger partial charge in [0.05, 0.1) is 4.90 Å². The summed E-state index contributed by atoms with van der Waals surface area (Å²) in [5.74, 6) is -0.119. The lowest BCUT2D eigenvalue weighted by molar-refractivity contribution is -0.126. The summed E-state index contributed by atoms with van der Waals surface area (Å²) in [5, 5.41) is 3.05. The van der Waals surface area contributed by atoms with E-state index in [-0.39, 0.29) is 11.8 Å². The van der Waals surface area contributed by atoms with Gasteiger partial charge in [0.25, 0.3) is 0 Å². The molecule has 2 aromatic rings. The van der Waals surface area contributed by atoms with Gasteiger partial charge < -0.3 is 10.2 Å². The maximum atomic E-state index is 12.8. The van der Waals surface area contributed by atoms with Crippen molar-refractivity contribution < 1.29 is 13.2 Å². The van der Waals surface area contributed by atoms with Crippen LogP contribution in [0.15, 0.2) is 53.4 Å². The van der Waals surface area contributed by atoms with E-state index >= 15 is 0 Å². The number of sulfonamides is 1. The summed E-state index contributed by atoms with van der Waals surface area (Å²) in [5.41, 5.74) is 3.44. The van der Waals surface area contributed by atoms with Crippen molar-refractivity contribution in [3.63, 3.8) is 0 Å². The Kier molecular flexibility index (Phi) is 7.73. The second-order valence-electron chi connectivity index (χ2n) is 8.15. The summed E-state index contributed by atoms with van der Waals surface area (Å²) in [4.78, 5) is 15.2. The average molecular weight is 444 g/mol. The highest BCUT2D eigenvalue weighted by Gasteiger charge is 2.32. The van der Waals surface area contributed by atoms with E-state index in [4.69, 9.17) is 0 Å². The van der Waals surface area contributed by atoms with Crippen LogP contribution in [0, 0.1) is 19.8 Å². The van der Waals surface area contributed by atoms with E-state index < -0.39 is 10.0 Å². The Morgan fingerprint density at radius 2 is 1.71 bits per heavy atom. The van der Waals surface area contributed by atoms with Crippen LogP contribution in [0.3, 0.4) is 0 Å². The highest BCUT2D eigenvalue weighted by Crippen LogP contribution is 2.24. The Morgan fingerprint density at radius 1 is 1.06 bits per heavy atom. The predicted molar refractivity (Wildman–Crippen MR) is 125 cm³/mol. The molecular weight excluding hydrogens is 410 g/mol. The van der Waals surface area contributed by atoms with E-state index in [1.807, 2.05) is 31.2 Å². The minimum Gasteiger partial charge on any atom is -0.370 e. The number of anilines is 1. The number of carbonyl (C=O) groups is 1. The minimum atomic E-state index is -3.50. The van der Waals surface area contributed by atoms with E-state index in [1.54, 1.807) is 12.1 Å². The van der Waals surface area contributed by atoms with Gasteiger partial charge in [-0.2, -0.15) is 4.31 Å². The smallest absolute Gasteiger partial charge is 0.243 e. The lowest BCUT2D eigenvalue weighted by atomic mass is 9.97. The van der Waals surface area contributed by atoms with Gasteiger partial charge in [-0.1, -0.05) is 35.9 Å². The summed E-state index contributed by atoms with van der Waals surface area (Å²) in [6.07, 6.45) is 1.10. The fourth-order valence-electron chi connectivity index (χ4n) is 4.04. The van der Waals surface area contributed by atoms with Gasteiger partial charge in [-0.05, 0) is 57.4 Å². The molecule has 2 aromatic carbocycles. The third kappa shape index (κ3) is 5.66. The molecule has 1 N–H and O–H groups in total. The van der Waals surface area contributed by atoms with Crippen LogP contribution < -0.4 is 10.2 Å². The van der Waals surface area contributed by atoms with Gasteiger partial charge in [0.15, 0.2) is 0 Å². The van der Waals surface area contributed by atoms with Crippen molar-refractivity contribution in [3.05, 3.63) is 59.7 Å². The number of nitrogens with zero attached hydrogens (tertiary/aromatic N) is 2. The van der Waals surface area contributed by atoms with Crippen molar-refractivity contribution in [2.24, 2.45) is 5.92 Å². The summed E-state index contributed by atoms with van der Waals surface area (Å²) in [7, 11) is -3.50. The lowest BCUT2D eigenvalue weighted by Crippen LogP contribution is -2.44. The summed E-state index contributed by atoms with van der Waals surface area (Å²) < 4.78 is 27.2. The van der Waals surface area contributed by atoms with Gasteiger partial charge in [-0.3, -0.25) is 4.79 Å². The molecule has 1 aliphatic heterocycles. The van der Waals surface area contributed by atoms with E-state index in [2.05, 4.69) is 36.2 Å². The fourth-order valence-corrected chi connectivity index (χ4v) is 5.51. The number of nitrogens with one attached hydrogen (secondary N) is 1. The Balaban J connectivity index is 1.49. The summed E-state index contributed by atoms with van der Waals surface area (Å²) in [6, 6.07) is 15.2. The van der Waals surface area contributed by atoms with Crippen molar-refractivity contribution in [2.75, 3.05) is 37.6 Å². The number of carbonyl (C=O) groups excluding carboxylic acids is 1. The van der Waals surface area contributed by atoms with Gasteiger partial charge in [0.2, 0.25) is 15.9 Å². The van der Waals surface area contributed by atoms with Crippen molar-refractivity contribution in [3.8, 4) is 0 Å². The molecule has 3 rings (SSSR count). The molecule has 0 spiro atoms. The Bertz CT molecular complexity index is 981. The number of piperidine rings is 1. The molecule has 0 unspecified atom stereocenters. The van der Waals surface area contributed by atoms with Crippen LogP contribution in [0.4, 0.5) is 5.69 Å². The molecule has 168 valence electrons. The molecule has 31 heavy (non-hydrogen) atoms. The molecule has 1 aliphatic rings. The van der Waals surface area contributed by atoms with Gasteiger partial charge in [-0.25, -0.2) is 8.42 Å². The molecule has 1 amide bonds. The molecule has 6 nitrogen and oxygen atoms in total. The van der Waals surface area contributed by atoms with E-state index in [1.165, 1.54) is 15.6 Å². The van der Waals surface area contributed by atoms with Crippen molar-refractivity contribution >= 4 is 21.6 Å². The van der Waals surface area contributed by atoms with Crippen LogP contribution in [-0.4, -0.2) is 51.4 Å². The second-order valence-corrected chi connectivity index (χ2v) is 10.1. The first-order valence-corrected chi connectivity index (χ1v) is 12.4. The first-order valence-electron chi connectivity index (χ1n) is 11.0. The van der Waals surface area contributed by atoms with Crippen LogP contribution in [0.5, 0.6) is 0 Å². The van der Waals surface area contributed by atoms with Crippen LogP contribution in [0.1, 0.15) is 30.9 Å². The molecule has 0 aromatic heterocycles.